The second-order valence-corrected chi connectivity index (χ2v) is 5.25. The van der Waals surface area contributed by atoms with Crippen LogP contribution in [-0.2, 0) is 9.53 Å². The van der Waals surface area contributed by atoms with Crippen molar-refractivity contribution in [2.24, 2.45) is 0 Å². The zero-order valence-corrected chi connectivity index (χ0v) is 13.3. The molecule has 0 aliphatic carbocycles. The van der Waals surface area contributed by atoms with E-state index in [1.165, 1.54) is 25.7 Å². The van der Waals surface area contributed by atoms with E-state index in [1.807, 2.05) is 11.6 Å². The van der Waals surface area contributed by atoms with Crippen LogP contribution < -0.4 is 10.6 Å². The first-order valence-electron chi connectivity index (χ1n) is 5.96. The highest BCUT2D eigenvalue weighted by Crippen LogP contribution is 2.24. The minimum absolute atomic E-state index is 0.170. The highest BCUT2D eigenvalue weighted by atomic mass is 35.5. The normalized spacial score (nSPS) is 11.4. The lowest BCUT2D eigenvalue weighted by molar-refractivity contribution is -0.127. The van der Waals surface area contributed by atoms with Gasteiger partial charge in [0.25, 0.3) is 5.91 Å². The van der Waals surface area contributed by atoms with Gasteiger partial charge in [-0.1, -0.05) is 11.6 Å². The van der Waals surface area contributed by atoms with Crippen LogP contribution in [0.4, 0.5) is 4.79 Å². The Bertz CT molecular complexity index is 565. The van der Waals surface area contributed by atoms with Crippen LogP contribution in [0.2, 0.25) is 5.02 Å². The highest BCUT2D eigenvalue weighted by molar-refractivity contribution is 7.98. The van der Waals surface area contributed by atoms with E-state index in [1.54, 1.807) is 18.2 Å². The average molecular weight is 331 g/mol. The molecule has 0 aliphatic rings. The largest absolute Gasteiger partial charge is 0.449 e. The standard InChI is InChI=1S/C13H15ClN2O4S/c1-7(11(17)16-13(19)15-2)20-12(18)9-6-8(21-3)4-5-10(9)14/h4-7H,1-3H3,(H2,15,16,17,19)/t7-/m1/s1. The fraction of sp³-hybridized carbons (Fsp3) is 0.308. The molecule has 6 nitrogen and oxygen atoms in total. The number of hydrogen-bond donors (Lipinski definition) is 2. The van der Waals surface area contributed by atoms with Gasteiger partial charge in [0, 0.05) is 11.9 Å². The third kappa shape index (κ3) is 4.95. The summed E-state index contributed by atoms with van der Waals surface area (Å²) in [6.45, 7) is 1.36. The van der Waals surface area contributed by atoms with Gasteiger partial charge in [-0.25, -0.2) is 9.59 Å². The molecule has 0 heterocycles. The minimum atomic E-state index is -1.12. The Morgan fingerprint density at radius 2 is 2.00 bits per heavy atom. The Kier molecular flexibility index (Phi) is 6.51. The molecule has 0 bridgehead atoms. The Morgan fingerprint density at radius 1 is 1.33 bits per heavy atom. The fourth-order valence-corrected chi connectivity index (χ4v) is 1.98. The maximum atomic E-state index is 12.0. The van der Waals surface area contributed by atoms with Crippen molar-refractivity contribution in [2.75, 3.05) is 13.3 Å². The van der Waals surface area contributed by atoms with Crippen LogP contribution in [0.3, 0.4) is 0 Å². The summed E-state index contributed by atoms with van der Waals surface area (Å²) in [5.74, 6) is -1.45. The zero-order chi connectivity index (χ0) is 16.0. The Hall–Kier alpha value is -1.73. The maximum Gasteiger partial charge on any atom is 0.340 e. The summed E-state index contributed by atoms with van der Waals surface area (Å²) in [7, 11) is 1.37. The van der Waals surface area contributed by atoms with E-state index in [9.17, 15) is 14.4 Å². The molecule has 1 aromatic rings. The SMILES string of the molecule is CNC(=O)NC(=O)[C@@H](C)OC(=O)c1cc(SC)ccc1Cl. The molecule has 0 aromatic heterocycles. The van der Waals surface area contributed by atoms with Gasteiger partial charge in [-0.15, -0.1) is 11.8 Å². The average Bonchev–Trinajstić information content (AvgIpc) is 2.47. The number of carbonyl (C=O) groups is 3. The molecule has 0 spiro atoms. The van der Waals surface area contributed by atoms with E-state index in [-0.39, 0.29) is 10.6 Å². The second kappa shape index (κ2) is 7.90. The molecule has 1 aromatic carbocycles. The van der Waals surface area contributed by atoms with E-state index < -0.39 is 24.0 Å². The predicted molar refractivity (Wildman–Crippen MR) is 80.7 cm³/mol. The van der Waals surface area contributed by atoms with Crippen molar-refractivity contribution in [1.29, 1.82) is 0 Å². The lowest BCUT2D eigenvalue weighted by Crippen LogP contribution is -2.43. The number of amides is 3. The first-order chi connectivity index (χ1) is 9.88. The van der Waals surface area contributed by atoms with E-state index in [0.717, 1.165) is 4.90 Å². The van der Waals surface area contributed by atoms with Crippen molar-refractivity contribution in [1.82, 2.24) is 10.6 Å². The summed E-state index contributed by atoms with van der Waals surface area (Å²) in [4.78, 5) is 35.5. The molecule has 0 radical (unpaired) electrons. The molecule has 21 heavy (non-hydrogen) atoms. The van der Waals surface area contributed by atoms with Gasteiger partial charge in [-0.05, 0) is 31.4 Å². The van der Waals surface area contributed by atoms with Gasteiger partial charge in [0.2, 0.25) is 0 Å². The Balaban J connectivity index is 2.76. The molecular weight excluding hydrogens is 316 g/mol. The number of imide groups is 1. The second-order valence-electron chi connectivity index (χ2n) is 3.96. The van der Waals surface area contributed by atoms with Gasteiger partial charge in [0.1, 0.15) is 0 Å². The number of ether oxygens (including phenoxy) is 1. The first-order valence-corrected chi connectivity index (χ1v) is 7.56. The summed E-state index contributed by atoms with van der Waals surface area (Å²) in [6, 6.07) is 4.26. The van der Waals surface area contributed by atoms with Crippen molar-refractivity contribution >= 4 is 41.3 Å². The zero-order valence-electron chi connectivity index (χ0n) is 11.7. The van der Waals surface area contributed by atoms with E-state index in [0.29, 0.717) is 0 Å². The Labute approximate surface area is 131 Å². The number of carbonyl (C=O) groups excluding carboxylic acids is 3. The minimum Gasteiger partial charge on any atom is -0.449 e. The van der Waals surface area contributed by atoms with Crippen LogP contribution in [0.15, 0.2) is 23.1 Å². The van der Waals surface area contributed by atoms with Crippen LogP contribution in [0.1, 0.15) is 17.3 Å². The Morgan fingerprint density at radius 3 is 2.57 bits per heavy atom. The van der Waals surface area contributed by atoms with Gasteiger partial charge in [0.05, 0.1) is 10.6 Å². The molecule has 0 saturated heterocycles. The third-order valence-corrected chi connectivity index (χ3v) is 3.57. The predicted octanol–water partition coefficient (Wildman–Crippen LogP) is 2.06. The van der Waals surface area contributed by atoms with Crippen molar-refractivity contribution in [3.63, 3.8) is 0 Å². The van der Waals surface area contributed by atoms with E-state index in [4.69, 9.17) is 16.3 Å². The molecular formula is C13H15ClN2O4S. The number of rotatable bonds is 4. The summed E-state index contributed by atoms with van der Waals surface area (Å²) in [5.41, 5.74) is 0.170. The summed E-state index contributed by atoms with van der Waals surface area (Å²) in [6.07, 6.45) is 0.737. The molecule has 0 unspecified atom stereocenters. The van der Waals surface area contributed by atoms with Crippen LogP contribution in [0, 0.1) is 0 Å². The van der Waals surface area contributed by atoms with Gasteiger partial charge in [0.15, 0.2) is 6.10 Å². The molecule has 2 N–H and O–H groups in total. The monoisotopic (exact) mass is 330 g/mol. The smallest absolute Gasteiger partial charge is 0.340 e. The highest BCUT2D eigenvalue weighted by Gasteiger charge is 2.22. The molecule has 114 valence electrons. The molecule has 0 fully saturated rings. The van der Waals surface area contributed by atoms with Crippen molar-refractivity contribution in [3.05, 3.63) is 28.8 Å². The number of halogens is 1. The molecule has 1 atom stereocenters. The van der Waals surface area contributed by atoms with Gasteiger partial charge < -0.3 is 10.1 Å². The van der Waals surface area contributed by atoms with Gasteiger partial charge in [-0.3, -0.25) is 10.1 Å². The fourth-order valence-electron chi connectivity index (χ4n) is 1.34. The number of thioether (sulfide) groups is 1. The lowest BCUT2D eigenvalue weighted by Gasteiger charge is -2.13. The molecule has 1 rings (SSSR count). The molecule has 0 aliphatic heterocycles. The van der Waals surface area contributed by atoms with Crippen molar-refractivity contribution in [2.45, 2.75) is 17.9 Å². The number of nitrogens with one attached hydrogen (secondary N) is 2. The van der Waals surface area contributed by atoms with Crippen molar-refractivity contribution < 1.29 is 19.1 Å². The maximum absolute atomic E-state index is 12.0. The van der Waals surface area contributed by atoms with Crippen LogP contribution in [0.25, 0.3) is 0 Å². The third-order valence-electron chi connectivity index (χ3n) is 2.51. The van der Waals surface area contributed by atoms with Crippen LogP contribution >= 0.6 is 23.4 Å². The lowest BCUT2D eigenvalue weighted by atomic mass is 10.2. The molecule has 0 saturated carbocycles. The summed E-state index contributed by atoms with van der Waals surface area (Å²) < 4.78 is 5.00. The molecule has 3 amide bonds. The first kappa shape index (κ1) is 17.3. The molecule has 8 heteroatoms. The van der Waals surface area contributed by atoms with Crippen molar-refractivity contribution in [3.8, 4) is 0 Å². The van der Waals surface area contributed by atoms with Gasteiger partial charge in [-0.2, -0.15) is 0 Å². The number of benzene rings is 1. The number of hydrogen-bond acceptors (Lipinski definition) is 5. The summed E-state index contributed by atoms with van der Waals surface area (Å²) in [5, 5.41) is 4.48. The quantitative estimate of drug-likeness (QED) is 0.652. The topological polar surface area (TPSA) is 84.5 Å². The number of urea groups is 1. The van der Waals surface area contributed by atoms with Crippen LogP contribution in [0.5, 0.6) is 0 Å². The van der Waals surface area contributed by atoms with Crippen LogP contribution in [-0.4, -0.2) is 37.3 Å². The number of esters is 1. The van der Waals surface area contributed by atoms with Gasteiger partial charge >= 0.3 is 12.0 Å². The van der Waals surface area contributed by atoms with E-state index >= 15 is 0 Å². The summed E-state index contributed by atoms with van der Waals surface area (Å²) >= 11 is 7.39. The van der Waals surface area contributed by atoms with E-state index in [2.05, 4.69) is 5.32 Å².